The van der Waals surface area contributed by atoms with E-state index < -0.39 is 0 Å². The van der Waals surface area contributed by atoms with Crippen LogP contribution in [0.5, 0.6) is 5.75 Å². The fourth-order valence-corrected chi connectivity index (χ4v) is 2.66. The molecule has 0 atom stereocenters. The van der Waals surface area contributed by atoms with Gasteiger partial charge in [0.15, 0.2) is 0 Å². The quantitative estimate of drug-likeness (QED) is 0.600. The van der Waals surface area contributed by atoms with Gasteiger partial charge in [-0.2, -0.15) is 0 Å². The van der Waals surface area contributed by atoms with Crippen LogP contribution in [-0.4, -0.2) is 25.0 Å². The van der Waals surface area contributed by atoms with E-state index in [-0.39, 0.29) is 11.8 Å². The van der Waals surface area contributed by atoms with E-state index in [4.69, 9.17) is 4.74 Å². The highest BCUT2D eigenvalue weighted by atomic mass is 16.5. The number of amides is 2. The number of para-hydroxylation sites is 1. The molecule has 2 N–H and O–H groups in total. The van der Waals surface area contributed by atoms with Gasteiger partial charge in [0.25, 0.3) is 11.8 Å². The average Bonchev–Trinajstić information content (AvgIpc) is 2.69. The average molecular weight is 368 g/mol. The maximum absolute atomic E-state index is 12.5. The van der Waals surface area contributed by atoms with Crippen LogP contribution in [0.3, 0.4) is 0 Å². The second kappa shape index (κ2) is 11.0. The number of hydrogen-bond donors (Lipinski definition) is 2. The van der Waals surface area contributed by atoms with Gasteiger partial charge < -0.3 is 15.4 Å². The first-order valence-electron chi connectivity index (χ1n) is 9.57. The second-order valence-electron chi connectivity index (χ2n) is 6.29. The summed E-state index contributed by atoms with van der Waals surface area (Å²) in [5, 5.41) is 5.56. The van der Waals surface area contributed by atoms with Crippen molar-refractivity contribution in [3.05, 3.63) is 59.7 Å². The molecule has 0 saturated carbocycles. The Balaban J connectivity index is 1.96. The summed E-state index contributed by atoms with van der Waals surface area (Å²) in [6, 6.07) is 14.0. The van der Waals surface area contributed by atoms with Gasteiger partial charge in [0.1, 0.15) is 5.75 Å². The first kappa shape index (κ1) is 20.5. The summed E-state index contributed by atoms with van der Waals surface area (Å²) in [6.45, 7) is 5.25. The van der Waals surface area contributed by atoms with Gasteiger partial charge in [-0.1, -0.05) is 38.3 Å². The van der Waals surface area contributed by atoms with Crippen molar-refractivity contribution in [1.82, 2.24) is 5.32 Å². The van der Waals surface area contributed by atoms with Crippen LogP contribution in [0.25, 0.3) is 0 Å². The highest BCUT2D eigenvalue weighted by molar-refractivity contribution is 6.09. The normalized spacial score (nSPS) is 10.3. The zero-order valence-electron chi connectivity index (χ0n) is 16.1. The maximum Gasteiger partial charge on any atom is 0.255 e. The zero-order valence-corrected chi connectivity index (χ0v) is 16.1. The molecule has 2 rings (SSSR count). The number of ether oxygens (including phenoxy) is 1. The molecule has 5 heteroatoms. The Bertz CT molecular complexity index is 741. The van der Waals surface area contributed by atoms with Crippen molar-refractivity contribution in [2.24, 2.45) is 0 Å². The van der Waals surface area contributed by atoms with Crippen LogP contribution in [0, 0.1) is 0 Å². The highest BCUT2D eigenvalue weighted by Gasteiger charge is 2.13. The number of carbonyl (C=O) groups is 2. The lowest BCUT2D eigenvalue weighted by atomic mass is 10.1. The van der Waals surface area contributed by atoms with Gasteiger partial charge >= 0.3 is 0 Å². The predicted octanol–water partition coefficient (Wildman–Crippen LogP) is 4.65. The van der Waals surface area contributed by atoms with Crippen molar-refractivity contribution in [2.75, 3.05) is 18.5 Å². The van der Waals surface area contributed by atoms with Crippen molar-refractivity contribution in [1.29, 1.82) is 0 Å². The van der Waals surface area contributed by atoms with E-state index in [1.165, 1.54) is 19.3 Å². The first-order valence-corrected chi connectivity index (χ1v) is 9.57. The fourth-order valence-electron chi connectivity index (χ4n) is 2.66. The summed E-state index contributed by atoms with van der Waals surface area (Å²) in [4.78, 5) is 24.6. The van der Waals surface area contributed by atoms with Gasteiger partial charge in [-0.05, 0) is 49.7 Å². The Morgan fingerprint density at radius 1 is 0.889 bits per heavy atom. The van der Waals surface area contributed by atoms with E-state index in [0.29, 0.717) is 30.0 Å². The van der Waals surface area contributed by atoms with Crippen LogP contribution in [-0.2, 0) is 0 Å². The largest absolute Gasteiger partial charge is 0.494 e. The molecule has 5 nitrogen and oxygen atoms in total. The van der Waals surface area contributed by atoms with Crippen molar-refractivity contribution >= 4 is 17.5 Å². The maximum atomic E-state index is 12.5. The standard InChI is InChI=1S/C22H28N2O3/c1-3-5-6-9-16-27-18-14-12-17(13-15-18)21(25)24-20-11-8-7-10-19(20)22(26)23-4-2/h7-8,10-15H,3-6,9,16H2,1-2H3,(H,23,26)(H,24,25). The Kier molecular flexibility index (Phi) is 8.36. The van der Waals surface area contributed by atoms with E-state index in [0.717, 1.165) is 12.2 Å². The van der Waals surface area contributed by atoms with Crippen LogP contribution in [0.4, 0.5) is 5.69 Å². The number of carbonyl (C=O) groups excluding carboxylic acids is 2. The van der Waals surface area contributed by atoms with Crippen molar-refractivity contribution in [3.63, 3.8) is 0 Å². The Morgan fingerprint density at radius 2 is 1.63 bits per heavy atom. The number of anilines is 1. The topological polar surface area (TPSA) is 67.4 Å². The van der Waals surface area contributed by atoms with Crippen LogP contribution in [0.1, 0.15) is 60.2 Å². The molecule has 2 aromatic carbocycles. The first-order chi connectivity index (χ1) is 13.2. The number of rotatable bonds is 10. The van der Waals surface area contributed by atoms with E-state index in [1.807, 2.05) is 6.92 Å². The van der Waals surface area contributed by atoms with Crippen LogP contribution < -0.4 is 15.4 Å². The molecule has 0 aliphatic carbocycles. The third-order valence-electron chi connectivity index (χ3n) is 4.14. The van der Waals surface area contributed by atoms with Crippen LogP contribution in [0.2, 0.25) is 0 Å². The summed E-state index contributed by atoms with van der Waals surface area (Å²) in [6.07, 6.45) is 4.63. The minimum absolute atomic E-state index is 0.208. The van der Waals surface area contributed by atoms with Gasteiger partial charge in [-0.3, -0.25) is 9.59 Å². The van der Waals surface area contributed by atoms with Gasteiger partial charge in [0.05, 0.1) is 17.9 Å². The number of unbranched alkanes of at least 4 members (excludes halogenated alkanes) is 3. The molecule has 0 heterocycles. The van der Waals surface area contributed by atoms with Gasteiger partial charge in [-0.25, -0.2) is 0 Å². The van der Waals surface area contributed by atoms with Crippen molar-refractivity contribution in [3.8, 4) is 5.75 Å². The molecule has 144 valence electrons. The molecular formula is C22H28N2O3. The molecule has 0 spiro atoms. The Hall–Kier alpha value is -2.82. The third kappa shape index (κ3) is 6.44. The number of nitrogens with one attached hydrogen (secondary N) is 2. The summed E-state index contributed by atoms with van der Waals surface area (Å²) in [5.41, 5.74) is 1.45. The molecule has 0 radical (unpaired) electrons. The van der Waals surface area contributed by atoms with Gasteiger partial charge in [0.2, 0.25) is 0 Å². The number of benzene rings is 2. The zero-order chi connectivity index (χ0) is 19.5. The number of hydrogen-bond acceptors (Lipinski definition) is 3. The molecule has 0 aromatic heterocycles. The molecule has 27 heavy (non-hydrogen) atoms. The van der Waals surface area contributed by atoms with E-state index in [1.54, 1.807) is 48.5 Å². The third-order valence-corrected chi connectivity index (χ3v) is 4.14. The molecule has 0 fully saturated rings. The fraction of sp³-hybridized carbons (Fsp3) is 0.364. The summed E-state index contributed by atoms with van der Waals surface area (Å²) in [5.74, 6) is 0.284. The second-order valence-corrected chi connectivity index (χ2v) is 6.29. The molecule has 2 amide bonds. The summed E-state index contributed by atoms with van der Waals surface area (Å²) < 4.78 is 5.70. The van der Waals surface area contributed by atoms with Gasteiger partial charge in [-0.15, -0.1) is 0 Å². The minimum atomic E-state index is -0.263. The molecule has 0 aliphatic heterocycles. The van der Waals surface area contributed by atoms with Crippen molar-refractivity contribution < 1.29 is 14.3 Å². The molecule has 0 saturated heterocycles. The lowest BCUT2D eigenvalue weighted by molar-refractivity contribution is 0.0956. The summed E-state index contributed by atoms with van der Waals surface area (Å²) >= 11 is 0. The van der Waals surface area contributed by atoms with Gasteiger partial charge in [0, 0.05) is 12.1 Å². The molecular weight excluding hydrogens is 340 g/mol. The van der Waals surface area contributed by atoms with Crippen molar-refractivity contribution in [2.45, 2.75) is 39.5 Å². The van der Waals surface area contributed by atoms with Crippen LogP contribution >= 0.6 is 0 Å². The molecule has 0 unspecified atom stereocenters. The van der Waals surface area contributed by atoms with E-state index in [2.05, 4.69) is 17.6 Å². The van der Waals surface area contributed by atoms with Crippen LogP contribution in [0.15, 0.2) is 48.5 Å². The smallest absolute Gasteiger partial charge is 0.255 e. The molecule has 2 aromatic rings. The monoisotopic (exact) mass is 368 g/mol. The lowest BCUT2D eigenvalue weighted by Crippen LogP contribution is -2.24. The SMILES string of the molecule is CCCCCCOc1ccc(C(=O)Nc2ccccc2C(=O)NCC)cc1. The summed E-state index contributed by atoms with van der Waals surface area (Å²) in [7, 11) is 0. The molecule has 0 bridgehead atoms. The minimum Gasteiger partial charge on any atom is -0.494 e. The Morgan fingerprint density at radius 3 is 2.33 bits per heavy atom. The highest BCUT2D eigenvalue weighted by Crippen LogP contribution is 2.18. The van der Waals surface area contributed by atoms with E-state index in [9.17, 15) is 9.59 Å². The van der Waals surface area contributed by atoms with E-state index >= 15 is 0 Å². The molecule has 0 aliphatic rings. The predicted molar refractivity (Wildman–Crippen MR) is 108 cm³/mol. The Labute approximate surface area is 161 Å². The lowest BCUT2D eigenvalue weighted by Gasteiger charge is -2.11.